The van der Waals surface area contributed by atoms with Gasteiger partial charge in [0.2, 0.25) is 0 Å². The number of rotatable bonds is 2. The monoisotopic (exact) mass is 270 g/mol. The van der Waals surface area contributed by atoms with Gasteiger partial charge in [-0.3, -0.25) is 0 Å². The van der Waals surface area contributed by atoms with Crippen LogP contribution in [-0.2, 0) is 0 Å². The van der Waals surface area contributed by atoms with Crippen molar-refractivity contribution in [1.82, 2.24) is 5.32 Å². The van der Waals surface area contributed by atoms with E-state index in [1.165, 1.54) is 5.56 Å². The summed E-state index contributed by atoms with van der Waals surface area (Å²) in [6, 6.07) is 15.8. The highest BCUT2D eigenvalue weighted by Gasteiger charge is 2.25. The van der Waals surface area contributed by atoms with Crippen LogP contribution >= 0.6 is 0 Å². The summed E-state index contributed by atoms with van der Waals surface area (Å²) in [7, 11) is 0. The molecule has 104 valence electrons. The van der Waals surface area contributed by atoms with Crippen LogP contribution in [0.5, 0.6) is 0 Å². The standard InChI is InChI=1S/C17H19FN2/c1-13-7-8-15(18)16(11-13)20-10-9-19-12-17(20)14-5-3-2-4-6-14/h2-8,11,17,19H,9-10,12H2,1H3. The summed E-state index contributed by atoms with van der Waals surface area (Å²) in [6.07, 6.45) is 0. The highest BCUT2D eigenvalue weighted by atomic mass is 19.1. The number of halogens is 1. The first kappa shape index (κ1) is 13.1. The molecular formula is C17H19FN2. The van der Waals surface area contributed by atoms with Crippen molar-refractivity contribution >= 4 is 5.69 Å². The minimum atomic E-state index is -0.140. The fourth-order valence-corrected chi connectivity index (χ4v) is 2.81. The fourth-order valence-electron chi connectivity index (χ4n) is 2.81. The van der Waals surface area contributed by atoms with Gasteiger partial charge in [-0.15, -0.1) is 0 Å². The third-order valence-corrected chi connectivity index (χ3v) is 3.84. The Kier molecular flexibility index (Phi) is 3.70. The van der Waals surface area contributed by atoms with Crippen LogP contribution < -0.4 is 10.2 Å². The van der Waals surface area contributed by atoms with Crippen LogP contribution in [0.1, 0.15) is 17.2 Å². The summed E-state index contributed by atoms with van der Waals surface area (Å²) in [5.74, 6) is -0.140. The summed E-state index contributed by atoms with van der Waals surface area (Å²) in [6.45, 7) is 4.55. The van der Waals surface area contributed by atoms with Crippen LogP contribution in [0.2, 0.25) is 0 Å². The number of hydrogen-bond acceptors (Lipinski definition) is 2. The summed E-state index contributed by atoms with van der Waals surface area (Å²) in [4.78, 5) is 2.17. The van der Waals surface area contributed by atoms with E-state index in [0.717, 1.165) is 25.2 Å². The number of hydrogen-bond donors (Lipinski definition) is 1. The molecule has 1 N–H and O–H groups in total. The Morgan fingerprint density at radius 3 is 2.75 bits per heavy atom. The number of nitrogens with zero attached hydrogens (tertiary/aromatic N) is 1. The number of piperazine rings is 1. The number of anilines is 1. The molecule has 3 heteroatoms. The quantitative estimate of drug-likeness (QED) is 0.901. The Labute approximate surface area is 119 Å². The molecule has 1 aliphatic rings. The van der Waals surface area contributed by atoms with Crippen LogP contribution in [0, 0.1) is 12.7 Å². The molecule has 1 unspecified atom stereocenters. The minimum absolute atomic E-state index is 0.140. The molecule has 0 spiro atoms. The average molecular weight is 270 g/mol. The fraction of sp³-hybridized carbons (Fsp3) is 0.294. The Bertz CT molecular complexity index is 583. The lowest BCUT2D eigenvalue weighted by molar-refractivity contribution is 0.480. The van der Waals surface area contributed by atoms with Gasteiger partial charge in [-0.1, -0.05) is 36.4 Å². The second-order valence-corrected chi connectivity index (χ2v) is 5.28. The predicted molar refractivity (Wildman–Crippen MR) is 80.5 cm³/mol. The maximum absolute atomic E-state index is 14.2. The molecule has 0 aromatic heterocycles. The third-order valence-electron chi connectivity index (χ3n) is 3.84. The summed E-state index contributed by atoms with van der Waals surface area (Å²) >= 11 is 0. The van der Waals surface area contributed by atoms with Crippen LogP contribution in [0.3, 0.4) is 0 Å². The molecule has 2 aromatic carbocycles. The highest BCUT2D eigenvalue weighted by molar-refractivity contribution is 5.52. The lowest BCUT2D eigenvalue weighted by Gasteiger charge is -2.38. The van der Waals surface area contributed by atoms with Crippen molar-refractivity contribution in [2.45, 2.75) is 13.0 Å². The first-order valence-corrected chi connectivity index (χ1v) is 7.04. The zero-order valence-corrected chi connectivity index (χ0v) is 11.6. The van der Waals surface area contributed by atoms with Gasteiger partial charge in [0.25, 0.3) is 0 Å². The molecule has 1 aliphatic heterocycles. The van der Waals surface area contributed by atoms with E-state index in [4.69, 9.17) is 0 Å². The first-order valence-electron chi connectivity index (χ1n) is 7.04. The van der Waals surface area contributed by atoms with Gasteiger partial charge in [0.05, 0.1) is 11.7 Å². The molecule has 0 aliphatic carbocycles. The van der Waals surface area contributed by atoms with Crippen molar-refractivity contribution in [3.8, 4) is 0 Å². The van der Waals surface area contributed by atoms with Crippen molar-refractivity contribution < 1.29 is 4.39 Å². The van der Waals surface area contributed by atoms with Crippen molar-refractivity contribution in [1.29, 1.82) is 0 Å². The van der Waals surface area contributed by atoms with Gasteiger partial charge < -0.3 is 10.2 Å². The molecule has 1 fully saturated rings. The van der Waals surface area contributed by atoms with Crippen LogP contribution in [0.4, 0.5) is 10.1 Å². The van der Waals surface area contributed by atoms with E-state index < -0.39 is 0 Å². The minimum Gasteiger partial charge on any atom is -0.360 e. The number of nitrogens with one attached hydrogen (secondary N) is 1. The van der Waals surface area contributed by atoms with E-state index in [2.05, 4.69) is 22.3 Å². The van der Waals surface area contributed by atoms with E-state index in [-0.39, 0.29) is 11.9 Å². The Hall–Kier alpha value is -1.87. The normalized spacial score (nSPS) is 19.1. The second-order valence-electron chi connectivity index (χ2n) is 5.28. The van der Waals surface area contributed by atoms with Gasteiger partial charge in [-0.2, -0.15) is 0 Å². The molecule has 1 atom stereocenters. The molecule has 1 saturated heterocycles. The van der Waals surface area contributed by atoms with E-state index in [1.54, 1.807) is 6.07 Å². The van der Waals surface area contributed by atoms with E-state index in [9.17, 15) is 4.39 Å². The van der Waals surface area contributed by atoms with Crippen molar-refractivity contribution in [2.75, 3.05) is 24.5 Å². The van der Waals surface area contributed by atoms with Gasteiger partial charge in [0, 0.05) is 19.6 Å². The molecule has 2 nitrogen and oxygen atoms in total. The predicted octanol–water partition coefficient (Wildman–Crippen LogP) is 3.29. The molecule has 1 heterocycles. The molecule has 0 saturated carbocycles. The zero-order chi connectivity index (χ0) is 13.9. The van der Waals surface area contributed by atoms with Crippen LogP contribution in [0.15, 0.2) is 48.5 Å². The maximum Gasteiger partial charge on any atom is 0.146 e. The summed E-state index contributed by atoms with van der Waals surface area (Å²) < 4.78 is 14.2. The smallest absolute Gasteiger partial charge is 0.146 e. The van der Waals surface area contributed by atoms with Crippen molar-refractivity contribution in [2.24, 2.45) is 0 Å². The molecule has 0 amide bonds. The van der Waals surface area contributed by atoms with Crippen molar-refractivity contribution in [3.63, 3.8) is 0 Å². The van der Waals surface area contributed by atoms with Crippen LogP contribution in [-0.4, -0.2) is 19.6 Å². The second kappa shape index (κ2) is 5.63. The average Bonchev–Trinajstić information content (AvgIpc) is 2.51. The largest absolute Gasteiger partial charge is 0.360 e. The van der Waals surface area contributed by atoms with E-state index >= 15 is 0 Å². The van der Waals surface area contributed by atoms with Gasteiger partial charge in [0.15, 0.2) is 0 Å². The lowest BCUT2D eigenvalue weighted by Crippen LogP contribution is -2.46. The topological polar surface area (TPSA) is 15.3 Å². The molecule has 3 rings (SSSR count). The van der Waals surface area contributed by atoms with Gasteiger partial charge >= 0.3 is 0 Å². The third kappa shape index (κ3) is 2.54. The summed E-state index contributed by atoms with van der Waals surface area (Å²) in [5.41, 5.74) is 3.02. The Morgan fingerprint density at radius 2 is 1.95 bits per heavy atom. The van der Waals surface area contributed by atoms with E-state index in [1.807, 2.05) is 37.3 Å². The lowest BCUT2D eigenvalue weighted by atomic mass is 10.0. The van der Waals surface area contributed by atoms with Crippen molar-refractivity contribution in [3.05, 3.63) is 65.5 Å². The highest BCUT2D eigenvalue weighted by Crippen LogP contribution is 2.30. The van der Waals surface area contributed by atoms with E-state index in [0.29, 0.717) is 5.69 Å². The number of benzene rings is 2. The molecule has 0 radical (unpaired) electrons. The molecule has 2 aromatic rings. The maximum atomic E-state index is 14.2. The van der Waals surface area contributed by atoms with Crippen LogP contribution in [0.25, 0.3) is 0 Å². The molecule has 20 heavy (non-hydrogen) atoms. The van der Waals surface area contributed by atoms with Gasteiger partial charge in [-0.25, -0.2) is 4.39 Å². The summed E-state index contributed by atoms with van der Waals surface area (Å²) in [5, 5.41) is 3.40. The first-order chi connectivity index (χ1) is 9.75. The Balaban J connectivity index is 1.99. The molecule has 0 bridgehead atoms. The SMILES string of the molecule is Cc1ccc(F)c(N2CCNCC2c2ccccc2)c1. The molecular weight excluding hydrogens is 251 g/mol. The van der Waals surface area contributed by atoms with Gasteiger partial charge in [-0.05, 0) is 30.2 Å². The Morgan fingerprint density at radius 1 is 1.15 bits per heavy atom. The zero-order valence-electron chi connectivity index (χ0n) is 11.6. The number of aryl methyl sites for hydroxylation is 1. The van der Waals surface area contributed by atoms with Gasteiger partial charge in [0.1, 0.15) is 5.82 Å².